The van der Waals surface area contributed by atoms with Gasteiger partial charge in [-0.25, -0.2) is 9.97 Å². The zero-order chi connectivity index (χ0) is 14.4. The summed E-state index contributed by atoms with van der Waals surface area (Å²) in [5, 5.41) is 0. The number of aryl methyl sites for hydroxylation is 2. The lowest BCUT2D eigenvalue weighted by atomic mass is 10.1. The van der Waals surface area contributed by atoms with Crippen LogP contribution in [0.15, 0.2) is 49.1 Å². The number of pyridine rings is 1. The van der Waals surface area contributed by atoms with Gasteiger partial charge >= 0.3 is 0 Å². The Balaban J connectivity index is 1.78. The molecule has 0 aliphatic rings. The molecule has 4 heteroatoms. The van der Waals surface area contributed by atoms with Crippen LogP contribution in [0, 0.1) is 13.8 Å². The number of fused-ring (bicyclic) bond motifs is 2. The number of nitrogens with zero attached hydrogens (tertiary/aromatic N) is 4. The lowest BCUT2D eigenvalue weighted by Crippen LogP contribution is -1.98. The second-order valence-electron chi connectivity index (χ2n) is 5.50. The van der Waals surface area contributed by atoms with Crippen LogP contribution in [-0.4, -0.2) is 18.9 Å². The molecule has 4 aromatic rings. The van der Waals surface area contributed by atoms with Gasteiger partial charge in [0.1, 0.15) is 5.65 Å². The van der Waals surface area contributed by atoms with Crippen molar-refractivity contribution in [1.29, 1.82) is 0 Å². The van der Waals surface area contributed by atoms with Crippen LogP contribution in [-0.2, 0) is 6.54 Å². The number of aromatic nitrogens is 4. The first kappa shape index (κ1) is 12.1. The minimum absolute atomic E-state index is 0.737. The van der Waals surface area contributed by atoms with Gasteiger partial charge in [-0.3, -0.25) is 0 Å². The SMILES string of the molecule is Cc1cc2ncn(Cc3cn4ccccc4n3)c2cc1C. The fraction of sp³-hybridized carbons (Fsp3) is 0.176. The van der Waals surface area contributed by atoms with Gasteiger partial charge in [0.15, 0.2) is 0 Å². The summed E-state index contributed by atoms with van der Waals surface area (Å²) in [6, 6.07) is 10.4. The second kappa shape index (κ2) is 4.45. The molecule has 104 valence electrons. The van der Waals surface area contributed by atoms with Crippen LogP contribution in [0.25, 0.3) is 16.7 Å². The fourth-order valence-electron chi connectivity index (χ4n) is 2.68. The van der Waals surface area contributed by atoms with Gasteiger partial charge in [-0.05, 0) is 49.2 Å². The maximum atomic E-state index is 4.65. The van der Waals surface area contributed by atoms with E-state index in [1.165, 1.54) is 11.1 Å². The first-order chi connectivity index (χ1) is 10.2. The van der Waals surface area contributed by atoms with Gasteiger partial charge in [-0.15, -0.1) is 0 Å². The van der Waals surface area contributed by atoms with Crippen LogP contribution in [0.3, 0.4) is 0 Å². The van der Waals surface area contributed by atoms with Crippen molar-refractivity contribution in [2.24, 2.45) is 0 Å². The minimum Gasteiger partial charge on any atom is -0.324 e. The van der Waals surface area contributed by atoms with E-state index in [1.54, 1.807) is 0 Å². The molecule has 0 fully saturated rings. The molecule has 0 aliphatic heterocycles. The summed E-state index contributed by atoms with van der Waals surface area (Å²) in [7, 11) is 0. The molecule has 0 saturated carbocycles. The van der Waals surface area contributed by atoms with Gasteiger partial charge in [0.25, 0.3) is 0 Å². The van der Waals surface area contributed by atoms with Gasteiger partial charge in [0.05, 0.1) is 29.6 Å². The number of benzene rings is 1. The molecule has 3 aromatic heterocycles. The summed E-state index contributed by atoms with van der Waals surface area (Å²) in [4.78, 5) is 9.15. The second-order valence-corrected chi connectivity index (χ2v) is 5.50. The molecule has 0 unspecified atom stereocenters. The van der Waals surface area contributed by atoms with Crippen molar-refractivity contribution in [3.05, 3.63) is 65.9 Å². The van der Waals surface area contributed by atoms with Crippen molar-refractivity contribution >= 4 is 16.7 Å². The van der Waals surface area contributed by atoms with E-state index in [9.17, 15) is 0 Å². The topological polar surface area (TPSA) is 35.1 Å². The van der Waals surface area contributed by atoms with Crippen LogP contribution in [0.4, 0.5) is 0 Å². The standard InChI is InChI=1S/C17H16N4/c1-12-7-15-16(8-13(12)2)21(11-18-15)10-14-9-20-6-4-3-5-17(20)19-14/h3-9,11H,10H2,1-2H3. The highest BCUT2D eigenvalue weighted by Crippen LogP contribution is 2.19. The van der Waals surface area contributed by atoms with E-state index in [-0.39, 0.29) is 0 Å². The fourth-order valence-corrected chi connectivity index (χ4v) is 2.68. The van der Waals surface area contributed by atoms with Crippen molar-refractivity contribution in [2.45, 2.75) is 20.4 Å². The molecular weight excluding hydrogens is 260 g/mol. The Morgan fingerprint density at radius 3 is 2.81 bits per heavy atom. The molecule has 0 spiro atoms. The lowest BCUT2D eigenvalue weighted by molar-refractivity contribution is 0.804. The van der Waals surface area contributed by atoms with E-state index in [0.29, 0.717) is 0 Å². The Morgan fingerprint density at radius 2 is 1.95 bits per heavy atom. The lowest BCUT2D eigenvalue weighted by Gasteiger charge is -2.04. The highest BCUT2D eigenvalue weighted by Gasteiger charge is 2.07. The van der Waals surface area contributed by atoms with Crippen molar-refractivity contribution in [3.63, 3.8) is 0 Å². The molecule has 4 nitrogen and oxygen atoms in total. The number of hydrogen-bond acceptors (Lipinski definition) is 2. The third-order valence-electron chi connectivity index (χ3n) is 3.98. The van der Waals surface area contributed by atoms with Crippen LogP contribution < -0.4 is 0 Å². The van der Waals surface area contributed by atoms with Gasteiger partial charge in [-0.2, -0.15) is 0 Å². The van der Waals surface area contributed by atoms with Crippen molar-refractivity contribution < 1.29 is 0 Å². The highest BCUT2D eigenvalue weighted by molar-refractivity contribution is 5.77. The van der Waals surface area contributed by atoms with Crippen LogP contribution in [0.1, 0.15) is 16.8 Å². The molecule has 3 heterocycles. The van der Waals surface area contributed by atoms with E-state index in [2.05, 4.69) is 46.7 Å². The van der Waals surface area contributed by atoms with E-state index in [4.69, 9.17) is 0 Å². The molecule has 0 amide bonds. The summed E-state index contributed by atoms with van der Waals surface area (Å²) in [6.07, 6.45) is 5.99. The zero-order valence-electron chi connectivity index (χ0n) is 12.1. The molecule has 0 saturated heterocycles. The average Bonchev–Trinajstić information content (AvgIpc) is 3.04. The molecule has 0 radical (unpaired) electrons. The molecule has 0 bridgehead atoms. The quantitative estimate of drug-likeness (QED) is 0.563. The predicted molar refractivity (Wildman–Crippen MR) is 83.5 cm³/mol. The van der Waals surface area contributed by atoms with Gasteiger partial charge in [-0.1, -0.05) is 6.07 Å². The van der Waals surface area contributed by atoms with Crippen LogP contribution in [0.5, 0.6) is 0 Å². The Hall–Kier alpha value is -2.62. The molecule has 0 N–H and O–H groups in total. The van der Waals surface area contributed by atoms with E-state index < -0.39 is 0 Å². The molecule has 1 aromatic carbocycles. The minimum atomic E-state index is 0.737. The Labute approximate surface area is 122 Å². The average molecular weight is 276 g/mol. The number of imidazole rings is 2. The van der Waals surface area contributed by atoms with Gasteiger partial charge < -0.3 is 8.97 Å². The van der Waals surface area contributed by atoms with Crippen LogP contribution in [0.2, 0.25) is 0 Å². The maximum absolute atomic E-state index is 4.65. The monoisotopic (exact) mass is 276 g/mol. The maximum Gasteiger partial charge on any atom is 0.137 e. The Kier molecular flexibility index (Phi) is 2.57. The molecule has 4 rings (SSSR count). The molecule has 21 heavy (non-hydrogen) atoms. The third-order valence-corrected chi connectivity index (χ3v) is 3.98. The summed E-state index contributed by atoms with van der Waals surface area (Å²) in [6.45, 7) is 4.99. The van der Waals surface area contributed by atoms with Crippen molar-refractivity contribution in [3.8, 4) is 0 Å². The highest BCUT2D eigenvalue weighted by atomic mass is 15.1. The number of rotatable bonds is 2. The summed E-state index contributed by atoms with van der Waals surface area (Å²) >= 11 is 0. The smallest absolute Gasteiger partial charge is 0.137 e. The Bertz CT molecular complexity index is 913. The third kappa shape index (κ3) is 2.00. The summed E-state index contributed by atoms with van der Waals surface area (Å²) in [5.74, 6) is 0. The normalized spacial score (nSPS) is 11.5. The summed E-state index contributed by atoms with van der Waals surface area (Å²) in [5.41, 5.74) is 6.79. The summed E-state index contributed by atoms with van der Waals surface area (Å²) < 4.78 is 4.20. The number of hydrogen-bond donors (Lipinski definition) is 0. The van der Waals surface area contributed by atoms with Gasteiger partial charge in [0, 0.05) is 12.4 Å². The largest absolute Gasteiger partial charge is 0.324 e. The molecule has 0 aliphatic carbocycles. The van der Waals surface area contributed by atoms with Crippen molar-refractivity contribution in [2.75, 3.05) is 0 Å². The van der Waals surface area contributed by atoms with E-state index >= 15 is 0 Å². The first-order valence-corrected chi connectivity index (χ1v) is 7.05. The molecule has 0 atom stereocenters. The predicted octanol–water partition coefficient (Wildman–Crippen LogP) is 3.35. The van der Waals surface area contributed by atoms with Gasteiger partial charge in [0.2, 0.25) is 0 Å². The van der Waals surface area contributed by atoms with Crippen molar-refractivity contribution in [1.82, 2.24) is 18.9 Å². The van der Waals surface area contributed by atoms with Crippen LogP contribution >= 0.6 is 0 Å². The van der Waals surface area contributed by atoms with E-state index in [1.807, 2.05) is 35.1 Å². The first-order valence-electron chi connectivity index (χ1n) is 7.05. The zero-order valence-corrected chi connectivity index (χ0v) is 12.1. The van der Waals surface area contributed by atoms with E-state index in [0.717, 1.165) is 28.9 Å². The Morgan fingerprint density at radius 1 is 1.10 bits per heavy atom. The molecular formula is C17H16N4.